The number of carbonyl (C=O) groups excluding carboxylic acids is 2. The number of halogens is 4. The molecule has 0 aliphatic carbocycles. The molecule has 0 bridgehead atoms. The Morgan fingerprint density at radius 3 is 2.50 bits per heavy atom. The molecule has 2 aromatic carbocycles. The summed E-state index contributed by atoms with van der Waals surface area (Å²) in [5.74, 6) is -6.39. The van der Waals surface area contributed by atoms with Crippen LogP contribution in [-0.2, 0) is 14.3 Å². The quantitative estimate of drug-likeness (QED) is 0.474. The first-order valence-electron chi connectivity index (χ1n) is 7.37. The molecule has 26 heavy (non-hydrogen) atoms. The molecule has 0 aliphatic heterocycles. The van der Waals surface area contributed by atoms with Crippen LogP contribution < -0.4 is 5.32 Å². The molecule has 0 saturated carbocycles. The largest absolute Gasteiger partial charge is 0.449 e. The van der Waals surface area contributed by atoms with Crippen molar-refractivity contribution in [2.75, 3.05) is 5.32 Å². The maximum absolute atomic E-state index is 13.5. The third-order valence-electron chi connectivity index (χ3n) is 3.26. The molecule has 0 aromatic heterocycles. The second kappa shape index (κ2) is 8.53. The highest BCUT2D eigenvalue weighted by Crippen LogP contribution is 2.20. The standard InChI is InChI=1S/C18H13ClF3NO3/c1-10(18(25)23-14-8-7-13(20)16(21)17(14)22)26-15(24)9-6-11-4-2-3-5-12(11)19/h2-10H,1H3,(H,23,25)/b9-6+/t10-/m0/s1. The van der Waals surface area contributed by atoms with Crippen molar-refractivity contribution in [1.29, 1.82) is 0 Å². The summed E-state index contributed by atoms with van der Waals surface area (Å²) >= 11 is 5.93. The van der Waals surface area contributed by atoms with Gasteiger partial charge in [0.15, 0.2) is 23.6 Å². The fourth-order valence-electron chi connectivity index (χ4n) is 1.89. The fraction of sp³-hybridized carbons (Fsp3) is 0.111. The molecule has 0 fully saturated rings. The second-order valence-corrected chi connectivity index (χ2v) is 5.55. The number of anilines is 1. The average molecular weight is 384 g/mol. The van der Waals surface area contributed by atoms with E-state index < -0.39 is 41.1 Å². The minimum atomic E-state index is -1.71. The molecule has 1 amide bonds. The SMILES string of the molecule is C[C@H](OC(=O)/C=C/c1ccccc1Cl)C(=O)Nc1ccc(F)c(F)c1F. The van der Waals surface area contributed by atoms with Gasteiger partial charge in [0.1, 0.15) is 0 Å². The lowest BCUT2D eigenvalue weighted by molar-refractivity contribution is -0.148. The van der Waals surface area contributed by atoms with E-state index in [9.17, 15) is 22.8 Å². The number of amides is 1. The lowest BCUT2D eigenvalue weighted by Gasteiger charge is -2.13. The molecule has 2 aromatic rings. The van der Waals surface area contributed by atoms with Crippen molar-refractivity contribution >= 4 is 35.2 Å². The molecule has 0 unspecified atom stereocenters. The molecule has 0 aliphatic rings. The summed E-state index contributed by atoms with van der Waals surface area (Å²) in [6, 6.07) is 8.28. The van der Waals surface area contributed by atoms with Gasteiger partial charge in [0.05, 0.1) is 5.69 Å². The van der Waals surface area contributed by atoms with Crippen molar-refractivity contribution in [3.63, 3.8) is 0 Å². The van der Waals surface area contributed by atoms with Crippen LogP contribution >= 0.6 is 11.6 Å². The number of nitrogens with one attached hydrogen (secondary N) is 1. The van der Waals surface area contributed by atoms with E-state index in [4.69, 9.17) is 16.3 Å². The highest BCUT2D eigenvalue weighted by Gasteiger charge is 2.20. The Morgan fingerprint density at radius 2 is 1.81 bits per heavy atom. The lowest BCUT2D eigenvalue weighted by atomic mass is 10.2. The van der Waals surface area contributed by atoms with Gasteiger partial charge in [-0.05, 0) is 36.8 Å². The zero-order valence-corrected chi connectivity index (χ0v) is 14.2. The maximum Gasteiger partial charge on any atom is 0.331 e. The fourth-order valence-corrected chi connectivity index (χ4v) is 2.09. The van der Waals surface area contributed by atoms with E-state index in [1.807, 2.05) is 5.32 Å². The van der Waals surface area contributed by atoms with Gasteiger partial charge in [-0.2, -0.15) is 0 Å². The van der Waals surface area contributed by atoms with Crippen LogP contribution in [0.25, 0.3) is 6.08 Å². The van der Waals surface area contributed by atoms with Crippen LogP contribution in [0.4, 0.5) is 18.9 Å². The minimum Gasteiger partial charge on any atom is -0.449 e. The normalized spacial score (nSPS) is 12.0. The summed E-state index contributed by atoms with van der Waals surface area (Å²) in [5.41, 5.74) is 0.00971. The van der Waals surface area contributed by atoms with Crippen molar-refractivity contribution in [1.82, 2.24) is 0 Å². The van der Waals surface area contributed by atoms with Crippen LogP contribution in [0.2, 0.25) is 5.02 Å². The monoisotopic (exact) mass is 383 g/mol. The number of esters is 1. The van der Waals surface area contributed by atoms with Crippen molar-refractivity contribution < 1.29 is 27.5 Å². The van der Waals surface area contributed by atoms with E-state index in [1.54, 1.807) is 24.3 Å². The Hall–Kier alpha value is -2.80. The molecule has 2 rings (SSSR count). The number of benzene rings is 2. The predicted octanol–water partition coefficient (Wildman–Crippen LogP) is 4.34. The number of rotatable bonds is 5. The first-order chi connectivity index (χ1) is 12.3. The van der Waals surface area contributed by atoms with Crippen LogP contribution in [0.1, 0.15) is 12.5 Å². The van der Waals surface area contributed by atoms with Crippen molar-refractivity contribution in [2.24, 2.45) is 0 Å². The molecular weight excluding hydrogens is 371 g/mol. The smallest absolute Gasteiger partial charge is 0.331 e. The molecule has 8 heteroatoms. The third-order valence-corrected chi connectivity index (χ3v) is 3.60. The van der Waals surface area contributed by atoms with E-state index in [1.165, 1.54) is 13.0 Å². The summed E-state index contributed by atoms with van der Waals surface area (Å²) in [6.07, 6.45) is 1.18. The maximum atomic E-state index is 13.5. The van der Waals surface area contributed by atoms with E-state index in [-0.39, 0.29) is 0 Å². The van der Waals surface area contributed by atoms with Gasteiger partial charge in [0, 0.05) is 11.1 Å². The van der Waals surface area contributed by atoms with Crippen LogP contribution in [0.15, 0.2) is 42.5 Å². The van der Waals surface area contributed by atoms with Gasteiger partial charge < -0.3 is 10.1 Å². The first-order valence-corrected chi connectivity index (χ1v) is 7.75. The van der Waals surface area contributed by atoms with Gasteiger partial charge in [0.25, 0.3) is 5.91 Å². The molecule has 0 radical (unpaired) electrons. The Balaban J connectivity index is 1.97. The van der Waals surface area contributed by atoms with E-state index >= 15 is 0 Å². The van der Waals surface area contributed by atoms with Crippen molar-refractivity contribution in [2.45, 2.75) is 13.0 Å². The average Bonchev–Trinajstić information content (AvgIpc) is 2.61. The lowest BCUT2D eigenvalue weighted by Crippen LogP contribution is -2.29. The van der Waals surface area contributed by atoms with Crippen molar-refractivity contribution in [3.05, 3.63) is 70.5 Å². The van der Waals surface area contributed by atoms with E-state index in [2.05, 4.69) is 0 Å². The van der Waals surface area contributed by atoms with Crippen LogP contribution in [-0.4, -0.2) is 18.0 Å². The second-order valence-electron chi connectivity index (χ2n) is 5.15. The highest BCUT2D eigenvalue weighted by atomic mass is 35.5. The minimum absolute atomic E-state index is 0.427. The first kappa shape index (κ1) is 19.5. The molecule has 1 N–H and O–H groups in total. The van der Waals surface area contributed by atoms with Crippen LogP contribution in [0.5, 0.6) is 0 Å². The number of carbonyl (C=O) groups is 2. The summed E-state index contributed by atoms with van der Waals surface area (Å²) in [6.45, 7) is 1.24. The molecule has 4 nitrogen and oxygen atoms in total. The van der Waals surface area contributed by atoms with Gasteiger partial charge >= 0.3 is 5.97 Å². The van der Waals surface area contributed by atoms with Gasteiger partial charge in [-0.15, -0.1) is 0 Å². The molecule has 1 atom stereocenters. The zero-order valence-electron chi connectivity index (χ0n) is 13.4. The van der Waals surface area contributed by atoms with Gasteiger partial charge in [-0.1, -0.05) is 29.8 Å². The molecule has 0 heterocycles. The summed E-state index contributed by atoms with van der Waals surface area (Å²) < 4.78 is 44.4. The van der Waals surface area contributed by atoms with Gasteiger partial charge in [-0.25, -0.2) is 18.0 Å². The number of hydrogen-bond acceptors (Lipinski definition) is 3. The predicted molar refractivity (Wildman–Crippen MR) is 91.0 cm³/mol. The number of hydrogen-bond donors (Lipinski definition) is 1. The summed E-state index contributed by atoms with van der Waals surface area (Å²) in [5, 5.41) is 2.45. The van der Waals surface area contributed by atoms with E-state index in [0.29, 0.717) is 16.7 Å². The highest BCUT2D eigenvalue weighted by molar-refractivity contribution is 6.32. The Kier molecular flexibility index (Phi) is 6.41. The Bertz CT molecular complexity index is 871. The Labute approximate surface area is 152 Å². The van der Waals surface area contributed by atoms with Crippen LogP contribution in [0.3, 0.4) is 0 Å². The molecule has 0 spiro atoms. The zero-order chi connectivity index (χ0) is 19.3. The van der Waals surface area contributed by atoms with Gasteiger partial charge in [0.2, 0.25) is 0 Å². The molecule has 0 saturated heterocycles. The Morgan fingerprint density at radius 1 is 1.12 bits per heavy atom. The van der Waals surface area contributed by atoms with Crippen molar-refractivity contribution in [3.8, 4) is 0 Å². The van der Waals surface area contributed by atoms with Gasteiger partial charge in [-0.3, -0.25) is 4.79 Å². The molecular formula is C18H13ClF3NO3. The van der Waals surface area contributed by atoms with E-state index in [0.717, 1.165) is 12.1 Å². The number of ether oxygens (including phenoxy) is 1. The molecule has 136 valence electrons. The summed E-state index contributed by atoms with van der Waals surface area (Å²) in [7, 11) is 0. The van der Waals surface area contributed by atoms with Crippen LogP contribution in [0, 0.1) is 17.5 Å². The summed E-state index contributed by atoms with van der Waals surface area (Å²) in [4.78, 5) is 23.7. The third kappa shape index (κ3) is 4.86. The topological polar surface area (TPSA) is 55.4 Å².